The van der Waals surface area contributed by atoms with Crippen LogP contribution in [0.15, 0.2) is 48.7 Å². The van der Waals surface area contributed by atoms with Gasteiger partial charge in [0, 0.05) is 0 Å². The molecule has 4 rings (SSSR count). The first-order valence-electron chi connectivity index (χ1n) is 10.3. The number of pyridine rings is 1. The third-order valence-corrected chi connectivity index (χ3v) is 8.84. The van der Waals surface area contributed by atoms with Gasteiger partial charge in [0.1, 0.15) is 0 Å². The van der Waals surface area contributed by atoms with Crippen LogP contribution in [0.4, 0.5) is 17.6 Å². The van der Waals surface area contributed by atoms with Crippen molar-refractivity contribution in [1.29, 1.82) is 0 Å². The van der Waals surface area contributed by atoms with Crippen molar-refractivity contribution < 1.29 is 27.4 Å². The summed E-state index contributed by atoms with van der Waals surface area (Å²) in [6, 6.07) is 11.5. The van der Waals surface area contributed by atoms with Crippen LogP contribution >= 0.6 is 0 Å². The molecule has 1 aliphatic heterocycles. The Morgan fingerprint density at radius 2 is 1.91 bits per heavy atom. The van der Waals surface area contributed by atoms with Gasteiger partial charge in [-0.3, -0.25) is 0 Å². The number of halogens is 4. The SMILES string of the molecule is CC(C)(CC(O)(C[As]c1cccc2ncccc12)C(F)(F)F)c1cc(F)cc2c1OCC2. The average Bonchev–Trinajstić information content (AvgIpc) is 3.18. The van der Waals surface area contributed by atoms with Gasteiger partial charge >= 0.3 is 190 Å². The van der Waals surface area contributed by atoms with Crippen LogP contribution in [0.5, 0.6) is 5.75 Å². The fourth-order valence-corrected chi connectivity index (χ4v) is 6.96. The summed E-state index contributed by atoms with van der Waals surface area (Å²) in [5.74, 6) is -0.0724. The Bertz CT molecular complexity index is 1140. The molecule has 0 saturated heterocycles. The molecule has 0 fully saturated rings. The van der Waals surface area contributed by atoms with E-state index in [-0.39, 0.29) is 0 Å². The third-order valence-electron chi connectivity index (χ3n) is 5.87. The molecule has 1 radical (unpaired) electrons. The summed E-state index contributed by atoms with van der Waals surface area (Å²) < 4.78 is 63.1. The molecule has 169 valence electrons. The van der Waals surface area contributed by atoms with Crippen molar-refractivity contribution in [2.24, 2.45) is 0 Å². The van der Waals surface area contributed by atoms with Crippen molar-refractivity contribution in [3.05, 3.63) is 65.6 Å². The Balaban J connectivity index is 1.65. The van der Waals surface area contributed by atoms with E-state index in [1.54, 1.807) is 38.2 Å². The Kier molecular flexibility index (Phi) is 6.01. The van der Waals surface area contributed by atoms with Gasteiger partial charge in [0.05, 0.1) is 0 Å². The predicted octanol–water partition coefficient (Wildman–Crippen LogP) is 4.72. The molecule has 1 atom stereocenters. The molecular weight excluding hydrogens is 485 g/mol. The molecule has 1 aliphatic rings. The molecule has 3 nitrogen and oxygen atoms in total. The van der Waals surface area contributed by atoms with Gasteiger partial charge < -0.3 is 0 Å². The van der Waals surface area contributed by atoms with Gasteiger partial charge in [0.15, 0.2) is 0 Å². The van der Waals surface area contributed by atoms with E-state index in [1.165, 1.54) is 12.1 Å². The Morgan fingerprint density at radius 3 is 2.66 bits per heavy atom. The molecular formula is C24H23AsF4NO2. The van der Waals surface area contributed by atoms with E-state index in [0.717, 1.165) is 9.74 Å². The van der Waals surface area contributed by atoms with Gasteiger partial charge in [-0.1, -0.05) is 0 Å². The number of hydrogen-bond acceptors (Lipinski definition) is 3. The van der Waals surface area contributed by atoms with Crippen molar-refractivity contribution in [2.75, 3.05) is 6.61 Å². The first-order valence-corrected chi connectivity index (χ1v) is 12.5. The number of fused-ring (bicyclic) bond motifs is 2. The second kappa shape index (κ2) is 8.35. The zero-order valence-electron chi connectivity index (χ0n) is 17.7. The number of alkyl halides is 3. The molecule has 32 heavy (non-hydrogen) atoms. The zero-order chi connectivity index (χ0) is 23.1. The number of rotatable bonds is 6. The van der Waals surface area contributed by atoms with E-state index in [9.17, 15) is 22.7 Å². The van der Waals surface area contributed by atoms with Crippen LogP contribution in [0, 0.1) is 5.82 Å². The van der Waals surface area contributed by atoms with Crippen LogP contribution in [0.3, 0.4) is 0 Å². The average molecular weight is 508 g/mol. The monoisotopic (exact) mass is 508 g/mol. The number of ether oxygens (including phenoxy) is 1. The number of aliphatic hydroxyl groups is 1. The van der Waals surface area contributed by atoms with E-state index in [0.29, 0.717) is 35.4 Å². The van der Waals surface area contributed by atoms with Gasteiger partial charge in [-0.2, -0.15) is 0 Å². The molecule has 0 amide bonds. The van der Waals surface area contributed by atoms with Gasteiger partial charge in [-0.15, -0.1) is 0 Å². The maximum atomic E-state index is 14.2. The second-order valence-electron chi connectivity index (χ2n) is 8.79. The number of aromatic nitrogens is 1. The maximum absolute atomic E-state index is 14.2. The van der Waals surface area contributed by atoms with Crippen LogP contribution in [0.25, 0.3) is 10.9 Å². The summed E-state index contributed by atoms with van der Waals surface area (Å²) in [5.41, 5.74) is -2.36. The van der Waals surface area contributed by atoms with Crippen LogP contribution in [-0.4, -0.2) is 44.2 Å². The Hall–Kier alpha value is -2.11. The Morgan fingerprint density at radius 1 is 1.12 bits per heavy atom. The van der Waals surface area contributed by atoms with Crippen molar-refractivity contribution >= 4 is 31.0 Å². The number of hydrogen-bond donors (Lipinski definition) is 1. The van der Waals surface area contributed by atoms with Crippen molar-refractivity contribution in [3.8, 4) is 5.75 Å². The molecule has 1 N–H and O–H groups in total. The van der Waals surface area contributed by atoms with E-state index in [4.69, 9.17) is 4.74 Å². The van der Waals surface area contributed by atoms with Gasteiger partial charge in [0.2, 0.25) is 0 Å². The van der Waals surface area contributed by atoms with E-state index in [1.807, 2.05) is 12.1 Å². The van der Waals surface area contributed by atoms with Gasteiger partial charge in [-0.05, 0) is 0 Å². The summed E-state index contributed by atoms with van der Waals surface area (Å²) in [6.45, 7) is 3.56. The molecule has 0 aliphatic carbocycles. The van der Waals surface area contributed by atoms with Crippen molar-refractivity contribution in [1.82, 2.24) is 4.98 Å². The minimum absolute atomic E-state index is 0.360. The first-order chi connectivity index (χ1) is 15.0. The topological polar surface area (TPSA) is 42.4 Å². The summed E-state index contributed by atoms with van der Waals surface area (Å²) >= 11 is -1.01. The standard InChI is InChI=1S/C24H23AsF4NO2/c1-22(2,18-12-16(26)11-15-8-10-32-21(15)18)13-23(31,24(27,28)29)14-25-19-6-3-7-20-17(19)5-4-9-30-20/h3-7,9,11-12,31H,8,10,13-14H2,1-2H3. The molecule has 2 heterocycles. The van der Waals surface area contributed by atoms with Crippen LogP contribution in [0.2, 0.25) is 5.21 Å². The first kappa shape index (κ1) is 23.1. The molecule has 0 bridgehead atoms. The molecule has 1 unspecified atom stereocenters. The Labute approximate surface area is 190 Å². The summed E-state index contributed by atoms with van der Waals surface area (Å²) in [6.07, 6.45) is -3.28. The molecule has 0 saturated carbocycles. The van der Waals surface area contributed by atoms with Crippen LogP contribution in [-0.2, 0) is 11.8 Å². The minimum atomic E-state index is -4.83. The van der Waals surface area contributed by atoms with Crippen LogP contribution < -0.4 is 9.09 Å². The fraction of sp³-hybridized carbons (Fsp3) is 0.375. The van der Waals surface area contributed by atoms with Crippen molar-refractivity contribution in [3.63, 3.8) is 0 Å². The quantitative estimate of drug-likeness (QED) is 0.387. The van der Waals surface area contributed by atoms with Crippen LogP contribution in [0.1, 0.15) is 31.4 Å². The fourth-order valence-electron chi connectivity index (χ4n) is 4.29. The van der Waals surface area contributed by atoms with Gasteiger partial charge in [0.25, 0.3) is 0 Å². The third kappa shape index (κ3) is 4.37. The second-order valence-corrected chi connectivity index (χ2v) is 11.1. The summed E-state index contributed by atoms with van der Waals surface area (Å²) in [5, 5.41) is 11.3. The normalized spacial score (nSPS) is 16.3. The summed E-state index contributed by atoms with van der Waals surface area (Å²) in [4.78, 5) is 4.26. The zero-order valence-corrected chi connectivity index (χ0v) is 19.6. The molecule has 2 aromatic carbocycles. The van der Waals surface area contributed by atoms with E-state index in [2.05, 4.69) is 4.98 Å². The molecule has 8 heteroatoms. The molecule has 0 spiro atoms. The summed E-state index contributed by atoms with van der Waals surface area (Å²) in [7, 11) is 0. The van der Waals surface area contributed by atoms with Gasteiger partial charge in [-0.25, -0.2) is 0 Å². The van der Waals surface area contributed by atoms with E-state index >= 15 is 0 Å². The predicted molar refractivity (Wildman–Crippen MR) is 116 cm³/mol. The van der Waals surface area contributed by atoms with E-state index < -0.39 is 50.4 Å². The van der Waals surface area contributed by atoms with Crippen molar-refractivity contribution in [2.45, 2.75) is 49.1 Å². The molecule has 3 aromatic rings. The number of nitrogens with zero attached hydrogens (tertiary/aromatic N) is 1. The molecule has 1 aromatic heterocycles. The number of benzene rings is 2.